The first-order chi connectivity index (χ1) is 7.20. The second-order valence-corrected chi connectivity index (χ2v) is 4.30. The zero-order valence-electron chi connectivity index (χ0n) is 9.20. The maximum absolute atomic E-state index is 8.85. The summed E-state index contributed by atoms with van der Waals surface area (Å²) in [4.78, 5) is 6.26. The molecule has 1 aliphatic rings. The Kier molecular flexibility index (Phi) is 2.59. The summed E-state index contributed by atoms with van der Waals surface area (Å²) in [5.41, 5.74) is 3.63. The van der Waals surface area contributed by atoms with Gasteiger partial charge in [0.2, 0.25) is 0 Å². The molecular formula is C12H15N3. The number of nitriles is 1. The first-order valence-electron chi connectivity index (χ1n) is 5.33. The van der Waals surface area contributed by atoms with Gasteiger partial charge in [-0.05, 0) is 17.0 Å². The third kappa shape index (κ3) is 1.94. The van der Waals surface area contributed by atoms with Gasteiger partial charge in [-0.1, -0.05) is 19.9 Å². The fourth-order valence-electron chi connectivity index (χ4n) is 1.85. The molecule has 0 N–H and O–H groups in total. The predicted octanol–water partition coefficient (Wildman–Crippen LogP) is 2.04. The van der Waals surface area contributed by atoms with Gasteiger partial charge in [-0.3, -0.25) is 4.98 Å². The number of hydrogen-bond acceptors (Lipinski definition) is 3. The highest BCUT2D eigenvalue weighted by Gasteiger charge is 2.16. The Morgan fingerprint density at radius 2 is 2.33 bits per heavy atom. The molecule has 1 aliphatic heterocycles. The number of hydrogen-bond donors (Lipinski definition) is 0. The molecule has 2 rings (SSSR count). The van der Waals surface area contributed by atoms with E-state index in [-0.39, 0.29) is 0 Å². The lowest BCUT2D eigenvalue weighted by Crippen LogP contribution is -2.27. The summed E-state index contributed by atoms with van der Waals surface area (Å²) >= 11 is 0. The molecule has 0 saturated heterocycles. The molecule has 0 aliphatic carbocycles. The van der Waals surface area contributed by atoms with E-state index in [9.17, 15) is 0 Å². The summed E-state index contributed by atoms with van der Waals surface area (Å²) in [5, 5.41) is 8.85. The topological polar surface area (TPSA) is 39.9 Å². The summed E-state index contributed by atoms with van der Waals surface area (Å²) in [7, 11) is 0. The van der Waals surface area contributed by atoms with Crippen LogP contribution in [0.3, 0.4) is 0 Å². The normalized spacial score (nSPS) is 14.9. The van der Waals surface area contributed by atoms with E-state index in [0.717, 1.165) is 25.2 Å². The van der Waals surface area contributed by atoms with Crippen LogP contribution >= 0.6 is 0 Å². The van der Waals surface area contributed by atoms with Gasteiger partial charge in [0, 0.05) is 24.9 Å². The van der Waals surface area contributed by atoms with Crippen LogP contribution in [0.1, 0.15) is 36.6 Å². The summed E-state index contributed by atoms with van der Waals surface area (Å²) in [5.74, 6) is 0.500. The minimum atomic E-state index is 0.500. The van der Waals surface area contributed by atoms with Gasteiger partial charge in [-0.2, -0.15) is 5.26 Å². The molecular weight excluding hydrogens is 186 g/mol. The lowest BCUT2D eigenvalue weighted by molar-refractivity contribution is 0.364. The molecule has 0 spiro atoms. The van der Waals surface area contributed by atoms with Gasteiger partial charge in [-0.25, -0.2) is 0 Å². The fourth-order valence-corrected chi connectivity index (χ4v) is 1.85. The second-order valence-electron chi connectivity index (χ2n) is 4.30. The summed E-state index contributed by atoms with van der Waals surface area (Å²) in [6.45, 7) is 5.85. The fraction of sp³-hybridized carbons (Fsp3) is 0.500. The van der Waals surface area contributed by atoms with Crippen LogP contribution in [0.15, 0.2) is 12.3 Å². The van der Waals surface area contributed by atoms with Crippen molar-refractivity contribution in [1.29, 1.82) is 5.26 Å². The molecule has 1 aromatic rings. The Hall–Kier alpha value is -1.56. The molecule has 0 bridgehead atoms. The Morgan fingerprint density at radius 1 is 1.53 bits per heavy atom. The van der Waals surface area contributed by atoms with E-state index in [1.165, 1.54) is 11.1 Å². The van der Waals surface area contributed by atoms with Crippen molar-refractivity contribution in [2.45, 2.75) is 32.7 Å². The van der Waals surface area contributed by atoms with Crippen molar-refractivity contribution < 1.29 is 0 Å². The lowest BCUT2D eigenvalue weighted by atomic mass is 9.99. The van der Waals surface area contributed by atoms with Crippen LogP contribution in [0.2, 0.25) is 0 Å². The van der Waals surface area contributed by atoms with Crippen LogP contribution in [0.5, 0.6) is 0 Å². The summed E-state index contributed by atoms with van der Waals surface area (Å²) in [6, 6.07) is 2.19. The number of pyridine rings is 1. The largest absolute Gasteiger partial charge is 0.306 e. The predicted molar refractivity (Wildman–Crippen MR) is 58.1 cm³/mol. The zero-order chi connectivity index (χ0) is 10.8. The van der Waals surface area contributed by atoms with Crippen LogP contribution < -0.4 is 0 Å². The molecule has 15 heavy (non-hydrogen) atoms. The molecule has 0 fully saturated rings. The molecule has 0 saturated carbocycles. The quantitative estimate of drug-likeness (QED) is 0.653. The second kappa shape index (κ2) is 3.90. The molecule has 0 unspecified atom stereocenters. The summed E-state index contributed by atoms with van der Waals surface area (Å²) < 4.78 is 0. The van der Waals surface area contributed by atoms with Crippen molar-refractivity contribution in [3.8, 4) is 6.19 Å². The van der Waals surface area contributed by atoms with Crippen LogP contribution in [0.4, 0.5) is 0 Å². The third-order valence-electron chi connectivity index (χ3n) is 2.87. The monoisotopic (exact) mass is 201 g/mol. The van der Waals surface area contributed by atoms with Gasteiger partial charge >= 0.3 is 0 Å². The molecule has 1 aromatic heterocycles. The number of aromatic nitrogens is 1. The molecule has 0 amide bonds. The van der Waals surface area contributed by atoms with Crippen molar-refractivity contribution >= 4 is 0 Å². The molecule has 0 radical (unpaired) electrons. The van der Waals surface area contributed by atoms with Gasteiger partial charge in [0.1, 0.15) is 0 Å². The highest BCUT2D eigenvalue weighted by molar-refractivity contribution is 5.29. The van der Waals surface area contributed by atoms with E-state index in [1.54, 1.807) is 4.90 Å². The maximum atomic E-state index is 8.85. The Morgan fingerprint density at radius 3 is 3.00 bits per heavy atom. The standard InChI is InChI=1S/C12H15N3/c1-9(2)10-5-11-7-15(8-13)4-3-12(11)14-6-10/h5-6,9H,3-4,7H2,1-2H3. The maximum Gasteiger partial charge on any atom is 0.179 e. The smallest absolute Gasteiger partial charge is 0.179 e. The molecule has 3 heteroatoms. The first kappa shape index (κ1) is 9.97. The van der Waals surface area contributed by atoms with E-state index < -0.39 is 0 Å². The van der Waals surface area contributed by atoms with Gasteiger partial charge < -0.3 is 4.90 Å². The highest BCUT2D eigenvalue weighted by atomic mass is 15.1. The Bertz CT molecular complexity index is 404. The van der Waals surface area contributed by atoms with Crippen molar-refractivity contribution in [2.75, 3.05) is 6.54 Å². The van der Waals surface area contributed by atoms with Crippen LogP contribution in [-0.4, -0.2) is 16.4 Å². The van der Waals surface area contributed by atoms with Crippen molar-refractivity contribution in [3.05, 3.63) is 29.1 Å². The van der Waals surface area contributed by atoms with Crippen molar-refractivity contribution in [3.63, 3.8) is 0 Å². The van der Waals surface area contributed by atoms with Crippen LogP contribution in [0.25, 0.3) is 0 Å². The molecule has 0 aromatic carbocycles. The van der Waals surface area contributed by atoms with Gasteiger partial charge in [-0.15, -0.1) is 0 Å². The highest BCUT2D eigenvalue weighted by Crippen LogP contribution is 2.21. The number of nitrogens with zero attached hydrogens (tertiary/aromatic N) is 3. The molecule has 2 heterocycles. The zero-order valence-corrected chi connectivity index (χ0v) is 9.20. The molecule has 78 valence electrons. The Labute approximate surface area is 90.4 Å². The van der Waals surface area contributed by atoms with Crippen molar-refractivity contribution in [1.82, 2.24) is 9.88 Å². The molecule has 0 atom stereocenters. The number of rotatable bonds is 1. The minimum absolute atomic E-state index is 0.500. The van der Waals surface area contributed by atoms with Gasteiger partial charge in [0.25, 0.3) is 0 Å². The molecule has 3 nitrogen and oxygen atoms in total. The van der Waals surface area contributed by atoms with E-state index in [4.69, 9.17) is 5.26 Å². The van der Waals surface area contributed by atoms with Crippen molar-refractivity contribution in [2.24, 2.45) is 0 Å². The van der Waals surface area contributed by atoms with E-state index in [2.05, 4.69) is 31.1 Å². The summed E-state index contributed by atoms with van der Waals surface area (Å²) in [6.07, 6.45) is 5.05. The van der Waals surface area contributed by atoms with Crippen LogP contribution in [0, 0.1) is 11.5 Å². The number of fused-ring (bicyclic) bond motifs is 1. The van der Waals surface area contributed by atoms with E-state index >= 15 is 0 Å². The average molecular weight is 201 g/mol. The minimum Gasteiger partial charge on any atom is -0.306 e. The SMILES string of the molecule is CC(C)c1cnc2c(c1)CN(C#N)CC2. The first-order valence-corrected chi connectivity index (χ1v) is 5.33. The van der Waals surface area contributed by atoms with Crippen LogP contribution in [-0.2, 0) is 13.0 Å². The van der Waals surface area contributed by atoms with Gasteiger partial charge in [0.15, 0.2) is 6.19 Å². The van der Waals surface area contributed by atoms with E-state index in [0.29, 0.717) is 5.92 Å². The van der Waals surface area contributed by atoms with Gasteiger partial charge in [0.05, 0.1) is 6.54 Å². The Balaban J connectivity index is 2.31. The lowest BCUT2D eigenvalue weighted by Gasteiger charge is -2.23. The third-order valence-corrected chi connectivity index (χ3v) is 2.87. The average Bonchev–Trinajstić information content (AvgIpc) is 2.27. The van der Waals surface area contributed by atoms with E-state index in [1.807, 2.05) is 6.20 Å².